The maximum atomic E-state index is 13.2. The summed E-state index contributed by atoms with van der Waals surface area (Å²) in [6.45, 7) is 1.76. The fourth-order valence-corrected chi connectivity index (χ4v) is 5.47. The molecule has 0 N–H and O–H groups in total. The van der Waals surface area contributed by atoms with E-state index >= 15 is 0 Å². The van der Waals surface area contributed by atoms with Gasteiger partial charge in [-0.15, -0.1) is 0 Å². The molecule has 7 heteroatoms. The summed E-state index contributed by atoms with van der Waals surface area (Å²) in [5.41, 5.74) is 3.45. The van der Waals surface area contributed by atoms with E-state index in [2.05, 4.69) is 16.7 Å². The van der Waals surface area contributed by atoms with Gasteiger partial charge in [-0.1, -0.05) is 18.2 Å². The van der Waals surface area contributed by atoms with E-state index in [1.54, 1.807) is 22.5 Å². The van der Waals surface area contributed by atoms with E-state index in [0.29, 0.717) is 44.2 Å². The molecule has 2 aliphatic heterocycles. The van der Waals surface area contributed by atoms with Gasteiger partial charge in [-0.05, 0) is 23.8 Å². The first-order valence-corrected chi connectivity index (χ1v) is 10.4. The van der Waals surface area contributed by atoms with Crippen molar-refractivity contribution in [1.29, 1.82) is 0 Å². The molecule has 0 fully saturated rings. The van der Waals surface area contributed by atoms with Crippen LogP contribution in [-0.2, 0) is 30.0 Å². The highest BCUT2D eigenvalue weighted by Crippen LogP contribution is 2.36. The lowest BCUT2D eigenvalue weighted by molar-refractivity contribution is 0.171. The Kier molecular flexibility index (Phi) is 3.70. The van der Waals surface area contributed by atoms with Gasteiger partial charge in [-0.2, -0.15) is 4.31 Å². The van der Waals surface area contributed by atoms with Gasteiger partial charge in [0.25, 0.3) is 0 Å². The normalized spacial score (nSPS) is 17.1. The highest BCUT2D eigenvalue weighted by atomic mass is 32.2. The second-order valence-electron chi connectivity index (χ2n) is 6.90. The maximum Gasteiger partial charge on any atom is 0.243 e. The predicted molar refractivity (Wildman–Crippen MR) is 102 cm³/mol. The smallest absolute Gasteiger partial charge is 0.243 e. The molecule has 2 aromatic carbocycles. The Balaban J connectivity index is 1.53. The highest BCUT2D eigenvalue weighted by Gasteiger charge is 2.32. The average molecular weight is 384 g/mol. The molecule has 0 saturated carbocycles. The van der Waals surface area contributed by atoms with Crippen molar-refractivity contribution in [1.82, 2.24) is 8.87 Å². The second kappa shape index (κ2) is 6.00. The van der Waals surface area contributed by atoms with Crippen molar-refractivity contribution in [2.24, 2.45) is 7.05 Å². The van der Waals surface area contributed by atoms with Crippen LogP contribution in [0.3, 0.4) is 0 Å². The molecule has 0 unspecified atom stereocenters. The lowest BCUT2D eigenvalue weighted by Crippen LogP contribution is -2.36. The van der Waals surface area contributed by atoms with Crippen molar-refractivity contribution >= 4 is 20.9 Å². The molecule has 6 nitrogen and oxygen atoms in total. The number of nitrogens with zero attached hydrogens (tertiary/aromatic N) is 2. The third kappa shape index (κ3) is 2.53. The van der Waals surface area contributed by atoms with Gasteiger partial charge in [0.15, 0.2) is 11.5 Å². The predicted octanol–water partition coefficient (Wildman–Crippen LogP) is 2.70. The lowest BCUT2D eigenvalue weighted by atomic mass is 10.1. The third-order valence-corrected chi connectivity index (χ3v) is 7.27. The molecule has 2 aliphatic rings. The fourth-order valence-electron chi connectivity index (χ4n) is 4.04. The first-order chi connectivity index (χ1) is 13.1. The van der Waals surface area contributed by atoms with Gasteiger partial charge in [-0.25, -0.2) is 8.42 Å². The molecule has 5 rings (SSSR count). The Labute approximate surface area is 158 Å². The van der Waals surface area contributed by atoms with E-state index in [0.717, 1.165) is 16.5 Å². The molecular weight excluding hydrogens is 364 g/mol. The Bertz CT molecular complexity index is 1150. The topological polar surface area (TPSA) is 60.8 Å². The zero-order valence-electron chi connectivity index (χ0n) is 15.0. The number of hydrogen-bond donors (Lipinski definition) is 0. The van der Waals surface area contributed by atoms with Crippen molar-refractivity contribution in [2.75, 3.05) is 19.8 Å². The molecule has 3 aromatic rings. The van der Waals surface area contributed by atoms with Crippen molar-refractivity contribution in [3.8, 4) is 11.5 Å². The summed E-state index contributed by atoms with van der Waals surface area (Å²) in [5.74, 6) is 1.08. The van der Waals surface area contributed by atoms with Crippen LogP contribution < -0.4 is 9.47 Å². The Morgan fingerprint density at radius 3 is 2.63 bits per heavy atom. The summed E-state index contributed by atoms with van der Waals surface area (Å²) in [6.07, 6.45) is 0.699. The molecule has 0 atom stereocenters. The van der Waals surface area contributed by atoms with Crippen molar-refractivity contribution in [3.05, 3.63) is 53.7 Å². The zero-order valence-corrected chi connectivity index (χ0v) is 15.8. The molecule has 0 spiro atoms. The summed E-state index contributed by atoms with van der Waals surface area (Å²) in [7, 11) is -1.56. The van der Waals surface area contributed by atoms with Crippen molar-refractivity contribution in [2.45, 2.75) is 17.9 Å². The average Bonchev–Trinajstić information content (AvgIpc) is 3.00. The van der Waals surface area contributed by atoms with Crippen molar-refractivity contribution in [3.63, 3.8) is 0 Å². The van der Waals surface area contributed by atoms with E-state index in [-0.39, 0.29) is 4.90 Å². The molecule has 3 heterocycles. The summed E-state index contributed by atoms with van der Waals surface area (Å²) in [4.78, 5) is 0.246. The first kappa shape index (κ1) is 16.6. The van der Waals surface area contributed by atoms with Crippen molar-refractivity contribution < 1.29 is 17.9 Å². The number of sulfonamides is 1. The van der Waals surface area contributed by atoms with Crippen LogP contribution in [0.4, 0.5) is 0 Å². The van der Waals surface area contributed by atoms with Gasteiger partial charge in [0.1, 0.15) is 13.2 Å². The minimum Gasteiger partial charge on any atom is -0.486 e. The van der Waals surface area contributed by atoms with Gasteiger partial charge >= 0.3 is 0 Å². The molecule has 0 saturated heterocycles. The summed E-state index contributed by atoms with van der Waals surface area (Å²) < 4.78 is 41.3. The zero-order chi connectivity index (χ0) is 18.6. The third-order valence-electron chi connectivity index (χ3n) is 5.43. The highest BCUT2D eigenvalue weighted by molar-refractivity contribution is 7.89. The van der Waals surface area contributed by atoms with Crippen LogP contribution in [0.15, 0.2) is 47.4 Å². The monoisotopic (exact) mass is 384 g/mol. The molecular formula is C20H20N2O4S. The van der Waals surface area contributed by atoms with Crippen LogP contribution in [0.5, 0.6) is 11.5 Å². The van der Waals surface area contributed by atoms with E-state index in [9.17, 15) is 8.42 Å². The van der Waals surface area contributed by atoms with Crippen LogP contribution >= 0.6 is 0 Å². The van der Waals surface area contributed by atoms with Crippen LogP contribution in [0.2, 0.25) is 0 Å². The molecule has 0 aliphatic carbocycles. The van der Waals surface area contributed by atoms with E-state index in [1.165, 1.54) is 5.69 Å². The number of benzene rings is 2. The Hall–Kier alpha value is -2.51. The van der Waals surface area contributed by atoms with Gasteiger partial charge in [-0.3, -0.25) is 0 Å². The standard InChI is InChI=1S/C20H20N2O4S/c1-21-17-5-3-2-4-15(17)16-13-22(9-8-18(16)21)27(23,24)14-6-7-19-20(12-14)26-11-10-25-19/h2-7,12H,8-11,13H2,1H3. The van der Waals surface area contributed by atoms with Gasteiger partial charge in [0.2, 0.25) is 10.0 Å². The fraction of sp³-hybridized carbons (Fsp3) is 0.300. The Morgan fingerprint density at radius 1 is 1.00 bits per heavy atom. The second-order valence-corrected chi connectivity index (χ2v) is 8.83. The number of aromatic nitrogens is 1. The molecule has 1 aromatic heterocycles. The Morgan fingerprint density at radius 2 is 1.78 bits per heavy atom. The van der Waals surface area contributed by atoms with Gasteiger partial charge in [0.05, 0.1) is 4.90 Å². The van der Waals surface area contributed by atoms with E-state index in [1.807, 2.05) is 19.2 Å². The number of rotatable bonds is 2. The van der Waals surface area contributed by atoms with Crippen LogP contribution in [0, 0.1) is 0 Å². The number of para-hydroxylation sites is 1. The molecule has 0 radical (unpaired) electrons. The first-order valence-electron chi connectivity index (χ1n) is 9.01. The van der Waals surface area contributed by atoms with Gasteiger partial charge < -0.3 is 14.0 Å². The molecule has 0 bridgehead atoms. The SMILES string of the molecule is Cn1c2c(c3ccccc31)CN(S(=O)(=O)c1ccc3c(c1)OCCO3)CC2. The van der Waals surface area contributed by atoms with Crippen LogP contribution in [-0.4, -0.2) is 37.0 Å². The molecule has 140 valence electrons. The number of hydrogen-bond acceptors (Lipinski definition) is 4. The number of fused-ring (bicyclic) bond motifs is 4. The largest absolute Gasteiger partial charge is 0.486 e. The van der Waals surface area contributed by atoms with E-state index in [4.69, 9.17) is 9.47 Å². The van der Waals surface area contributed by atoms with Gasteiger partial charge in [0, 0.05) is 49.2 Å². The molecule has 27 heavy (non-hydrogen) atoms. The summed E-state index contributed by atoms with van der Waals surface area (Å²) in [6, 6.07) is 13.0. The van der Waals surface area contributed by atoms with Crippen LogP contribution in [0.1, 0.15) is 11.3 Å². The maximum absolute atomic E-state index is 13.2. The summed E-state index contributed by atoms with van der Waals surface area (Å²) in [5, 5.41) is 1.12. The molecule has 0 amide bonds. The minimum absolute atomic E-state index is 0.246. The van der Waals surface area contributed by atoms with E-state index < -0.39 is 10.0 Å². The number of aryl methyl sites for hydroxylation is 1. The quantitative estimate of drug-likeness (QED) is 0.682. The van der Waals surface area contributed by atoms with Crippen LogP contribution in [0.25, 0.3) is 10.9 Å². The number of ether oxygens (including phenoxy) is 2. The lowest BCUT2D eigenvalue weighted by Gasteiger charge is -2.28. The minimum atomic E-state index is -3.61. The summed E-state index contributed by atoms with van der Waals surface area (Å²) >= 11 is 0.